The van der Waals surface area contributed by atoms with E-state index in [1.54, 1.807) is 12.1 Å². The molecule has 0 saturated heterocycles. The molecule has 1 unspecified atom stereocenters. The summed E-state index contributed by atoms with van der Waals surface area (Å²) in [6.45, 7) is 0.698. The van der Waals surface area contributed by atoms with E-state index in [9.17, 15) is 8.60 Å². The fraction of sp³-hybridized carbons (Fsp3) is 0.333. The zero-order valence-corrected chi connectivity index (χ0v) is 8.23. The third-order valence-corrected chi connectivity index (χ3v) is 2.99. The Hall–Kier alpha value is -0.740. The zero-order valence-electron chi connectivity index (χ0n) is 7.42. The van der Waals surface area contributed by atoms with Gasteiger partial charge in [-0.05, 0) is 31.3 Å². The van der Waals surface area contributed by atoms with Gasteiger partial charge < -0.3 is 5.32 Å². The van der Waals surface area contributed by atoms with Crippen LogP contribution in [0.25, 0.3) is 0 Å². The van der Waals surface area contributed by atoms with E-state index in [1.807, 2.05) is 7.05 Å². The first-order chi connectivity index (χ1) is 6.24. The summed E-state index contributed by atoms with van der Waals surface area (Å²) in [5, 5.41) is 2.91. The Balaban J connectivity index is 2.61. The Kier molecular flexibility index (Phi) is 4.05. The average molecular weight is 201 g/mol. The molecule has 0 radical (unpaired) electrons. The minimum absolute atomic E-state index is 0.297. The second-order valence-electron chi connectivity index (χ2n) is 2.61. The molecule has 0 amide bonds. The summed E-state index contributed by atoms with van der Waals surface area (Å²) in [5.74, 6) is 0.261. The Labute approximate surface area is 79.6 Å². The Bertz CT molecular complexity index is 286. The Morgan fingerprint density at radius 3 is 2.54 bits per heavy atom. The lowest BCUT2D eigenvalue weighted by molar-refractivity contribution is 0.626. The molecule has 0 fully saturated rings. The molecule has 1 N–H and O–H groups in total. The van der Waals surface area contributed by atoms with Crippen molar-refractivity contribution in [3.63, 3.8) is 0 Å². The number of hydrogen-bond donors (Lipinski definition) is 1. The highest BCUT2D eigenvalue weighted by Crippen LogP contribution is 2.07. The summed E-state index contributed by atoms with van der Waals surface area (Å²) in [6.07, 6.45) is 0. The lowest BCUT2D eigenvalue weighted by atomic mass is 10.4. The number of halogens is 1. The van der Waals surface area contributed by atoms with Crippen molar-refractivity contribution in [2.75, 3.05) is 19.3 Å². The molecule has 0 aliphatic heterocycles. The van der Waals surface area contributed by atoms with Gasteiger partial charge in [-0.3, -0.25) is 4.21 Å². The molecule has 1 rings (SSSR count). The molecule has 1 atom stereocenters. The monoisotopic (exact) mass is 201 g/mol. The van der Waals surface area contributed by atoms with E-state index < -0.39 is 10.8 Å². The first kappa shape index (κ1) is 10.3. The van der Waals surface area contributed by atoms with Crippen molar-refractivity contribution in [2.24, 2.45) is 0 Å². The fourth-order valence-electron chi connectivity index (χ4n) is 0.899. The van der Waals surface area contributed by atoms with Gasteiger partial charge in [0.15, 0.2) is 0 Å². The maximum atomic E-state index is 12.5. The highest BCUT2D eigenvalue weighted by atomic mass is 32.2. The molecular weight excluding hydrogens is 189 g/mol. The van der Waals surface area contributed by atoms with Crippen LogP contribution in [0.1, 0.15) is 0 Å². The van der Waals surface area contributed by atoms with E-state index in [0.29, 0.717) is 17.2 Å². The van der Waals surface area contributed by atoms with Crippen LogP contribution in [-0.4, -0.2) is 23.6 Å². The maximum Gasteiger partial charge on any atom is 0.123 e. The van der Waals surface area contributed by atoms with Crippen molar-refractivity contribution in [3.05, 3.63) is 30.1 Å². The van der Waals surface area contributed by atoms with Gasteiger partial charge in [0.05, 0.1) is 10.8 Å². The van der Waals surface area contributed by atoms with Crippen molar-refractivity contribution in [2.45, 2.75) is 4.90 Å². The van der Waals surface area contributed by atoms with Gasteiger partial charge in [0.25, 0.3) is 0 Å². The summed E-state index contributed by atoms with van der Waals surface area (Å²) in [5.41, 5.74) is 0. The molecule has 13 heavy (non-hydrogen) atoms. The minimum Gasteiger partial charge on any atom is -0.319 e. The Morgan fingerprint density at radius 1 is 1.38 bits per heavy atom. The fourth-order valence-corrected chi connectivity index (χ4v) is 1.96. The van der Waals surface area contributed by atoms with Crippen molar-refractivity contribution < 1.29 is 8.60 Å². The second kappa shape index (κ2) is 5.09. The maximum absolute atomic E-state index is 12.5. The lowest BCUT2D eigenvalue weighted by Crippen LogP contribution is -2.15. The molecule has 0 heterocycles. The first-order valence-electron chi connectivity index (χ1n) is 4.02. The minimum atomic E-state index is -1.02. The van der Waals surface area contributed by atoms with Gasteiger partial charge >= 0.3 is 0 Å². The molecule has 0 bridgehead atoms. The SMILES string of the molecule is CNCCS(=O)c1ccc(F)cc1. The van der Waals surface area contributed by atoms with Gasteiger partial charge in [-0.25, -0.2) is 4.39 Å². The van der Waals surface area contributed by atoms with Crippen LogP contribution in [-0.2, 0) is 10.8 Å². The van der Waals surface area contributed by atoms with Gasteiger partial charge in [0, 0.05) is 17.2 Å². The Morgan fingerprint density at radius 2 is 2.00 bits per heavy atom. The molecule has 1 aromatic carbocycles. The van der Waals surface area contributed by atoms with Crippen LogP contribution in [0.15, 0.2) is 29.2 Å². The summed E-state index contributed by atoms with van der Waals surface area (Å²) >= 11 is 0. The number of hydrogen-bond acceptors (Lipinski definition) is 2. The van der Waals surface area contributed by atoms with Crippen LogP contribution in [0, 0.1) is 5.82 Å². The van der Waals surface area contributed by atoms with E-state index in [1.165, 1.54) is 12.1 Å². The van der Waals surface area contributed by atoms with Gasteiger partial charge in [-0.15, -0.1) is 0 Å². The van der Waals surface area contributed by atoms with E-state index in [2.05, 4.69) is 5.32 Å². The quantitative estimate of drug-likeness (QED) is 0.792. The normalized spacial score (nSPS) is 12.8. The molecule has 0 spiro atoms. The zero-order chi connectivity index (χ0) is 9.68. The van der Waals surface area contributed by atoms with Crippen molar-refractivity contribution >= 4 is 10.8 Å². The standard InChI is InChI=1S/C9H12FNOS/c1-11-6-7-13(12)9-4-2-8(10)3-5-9/h2-5,11H,6-7H2,1H3. The smallest absolute Gasteiger partial charge is 0.123 e. The largest absolute Gasteiger partial charge is 0.319 e. The third kappa shape index (κ3) is 3.24. The van der Waals surface area contributed by atoms with E-state index >= 15 is 0 Å². The summed E-state index contributed by atoms with van der Waals surface area (Å²) in [6, 6.07) is 5.77. The van der Waals surface area contributed by atoms with Crippen LogP contribution in [0.4, 0.5) is 4.39 Å². The van der Waals surface area contributed by atoms with Crippen molar-refractivity contribution in [1.82, 2.24) is 5.32 Å². The molecule has 0 saturated carbocycles. The van der Waals surface area contributed by atoms with Crippen LogP contribution in [0.5, 0.6) is 0 Å². The lowest BCUT2D eigenvalue weighted by Gasteiger charge is -2.00. The number of benzene rings is 1. The molecule has 0 aliphatic rings. The second-order valence-corrected chi connectivity index (χ2v) is 4.18. The number of nitrogens with one attached hydrogen (secondary N) is 1. The van der Waals surface area contributed by atoms with Crippen LogP contribution >= 0.6 is 0 Å². The van der Waals surface area contributed by atoms with Crippen LogP contribution in [0.2, 0.25) is 0 Å². The van der Waals surface area contributed by atoms with Gasteiger partial charge in [-0.1, -0.05) is 0 Å². The van der Waals surface area contributed by atoms with Gasteiger partial charge in [-0.2, -0.15) is 0 Å². The van der Waals surface area contributed by atoms with Gasteiger partial charge in [0.1, 0.15) is 5.82 Å². The third-order valence-electron chi connectivity index (χ3n) is 1.61. The van der Waals surface area contributed by atoms with Crippen molar-refractivity contribution in [3.8, 4) is 0 Å². The highest BCUT2D eigenvalue weighted by molar-refractivity contribution is 7.85. The molecule has 0 aromatic heterocycles. The predicted molar refractivity (Wildman–Crippen MR) is 51.6 cm³/mol. The predicted octanol–water partition coefficient (Wildman–Crippen LogP) is 1.15. The van der Waals surface area contributed by atoms with E-state index in [-0.39, 0.29) is 5.82 Å². The van der Waals surface area contributed by atoms with Crippen LogP contribution in [0.3, 0.4) is 0 Å². The molecule has 72 valence electrons. The topological polar surface area (TPSA) is 29.1 Å². The first-order valence-corrected chi connectivity index (χ1v) is 5.34. The number of rotatable bonds is 4. The van der Waals surface area contributed by atoms with Gasteiger partial charge in [0.2, 0.25) is 0 Å². The summed E-state index contributed by atoms with van der Waals surface area (Å²) < 4.78 is 24.0. The van der Waals surface area contributed by atoms with Crippen LogP contribution < -0.4 is 5.32 Å². The summed E-state index contributed by atoms with van der Waals surface area (Å²) in [4.78, 5) is 0.677. The van der Waals surface area contributed by atoms with E-state index in [4.69, 9.17) is 0 Å². The summed E-state index contributed by atoms with van der Waals surface area (Å²) in [7, 11) is 0.787. The van der Waals surface area contributed by atoms with Crippen molar-refractivity contribution in [1.29, 1.82) is 0 Å². The molecule has 1 aromatic rings. The molecule has 4 heteroatoms. The molecular formula is C9H12FNOS. The highest BCUT2D eigenvalue weighted by Gasteiger charge is 2.02. The molecule has 0 aliphatic carbocycles. The van der Waals surface area contributed by atoms with E-state index in [0.717, 1.165) is 0 Å². The average Bonchev–Trinajstić information content (AvgIpc) is 2.15. The molecule has 2 nitrogen and oxygen atoms in total.